The van der Waals surface area contributed by atoms with Crippen LogP contribution in [0.2, 0.25) is 5.02 Å². The van der Waals surface area contributed by atoms with Gasteiger partial charge in [-0.15, -0.1) is 0 Å². The molecule has 1 aromatic heterocycles. The minimum atomic E-state index is -0.752. The van der Waals surface area contributed by atoms with Crippen LogP contribution in [0, 0.1) is 12.8 Å². The number of carbonyl (C=O) groups excluding carboxylic acids is 3. The van der Waals surface area contributed by atoms with Crippen molar-refractivity contribution in [2.24, 2.45) is 5.92 Å². The summed E-state index contributed by atoms with van der Waals surface area (Å²) in [5.41, 5.74) is 1.34. The zero-order valence-electron chi connectivity index (χ0n) is 25.2. The first-order chi connectivity index (χ1) is 20.7. The summed E-state index contributed by atoms with van der Waals surface area (Å²) in [6.45, 7) is 7.15. The Morgan fingerprint density at radius 2 is 1.72 bits per heavy atom. The Kier molecular flexibility index (Phi) is 9.49. The molecule has 3 amide bonds. The van der Waals surface area contributed by atoms with E-state index in [1.165, 1.54) is 0 Å². The van der Waals surface area contributed by atoms with Crippen LogP contribution >= 0.6 is 11.6 Å². The van der Waals surface area contributed by atoms with E-state index in [4.69, 9.17) is 16.6 Å². The van der Waals surface area contributed by atoms with Gasteiger partial charge in [0.1, 0.15) is 17.7 Å². The first-order valence-electron chi connectivity index (χ1n) is 15.3. The molecular weight excluding hydrogens is 564 g/mol. The van der Waals surface area contributed by atoms with Gasteiger partial charge in [0, 0.05) is 31.0 Å². The number of aryl methyl sites for hydroxylation is 1. The van der Waals surface area contributed by atoms with Crippen LogP contribution in [0.25, 0.3) is 0 Å². The van der Waals surface area contributed by atoms with Crippen molar-refractivity contribution in [1.29, 1.82) is 0 Å². The lowest BCUT2D eigenvalue weighted by molar-refractivity contribution is -0.141. The summed E-state index contributed by atoms with van der Waals surface area (Å²) in [6, 6.07) is 16.1. The van der Waals surface area contributed by atoms with Crippen molar-refractivity contribution in [3.8, 4) is 0 Å². The number of nitrogens with zero attached hydrogens (tertiary/aromatic N) is 4. The molecule has 0 radical (unpaired) electrons. The average Bonchev–Trinajstić information content (AvgIpc) is 3.33. The Balaban J connectivity index is 1.45. The summed E-state index contributed by atoms with van der Waals surface area (Å²) in [6.07, 6.45) is 3.59. The first-order valence-corrected chi connectivity index (χ1v) is 15.6. The maximum Gasteiger partial charge on any atom is 0.243 e. The molecule has 0 unspecified atom stereocenters. The van der Waals surface area contributed by atoms with Crippen LogP contribution in [-0.2, 0) is 32.8 Å². The molecule has 0 spiro atoms. The Morgan fingerprint density at radius 3 is 2.37 bits per heavy atom. The highest BCUT2D eigenvalue weighted by molar-refractivity contribution is 6.30. The van der Waals surface area contributed by atoms with Gasteiger partial charge in [0.05, 0.1) is 18.0 Å². The molecule has 2 aromatic carbocycles. The maximum atomic E-state index is 14.3. The molecule has 1 fully saturated rings. The van der Waals surface area contributed by atoms with Crippen molar-refractivity contribution in [1.82, 2.24) is 30.3 Å². The third-order valence-corrected chi connectivity index (χ3v) is 8.95. The number of halogens is 1. The van der Waals surface area contributed by atoms with Crippen LogP contribution in [0.3, 0.4) is 0 Å². The van der Waals surface area contributed by atoms with Gasteiger partial charge in [-0.1, -0.05) is 74.3 Å². The quantitative estimate of drug-likeness (QED) is 0.445. The summed E-state index contributed by atoms with van der Waals surface area (Å²) in [4.78, 5) is 47.7. The minimum Gasteiger partial charge on any atom is -0.344 e. The predicted octanol–water partition coefficient (Wildman–Crippen LogP) is 4.53. The van der Waals surface area contributed by atoms with Crippen molar-refractivity contribution in [3.63, 3.8) is 0 Å². The summed E-state index contributed by atoms with van der Waals surface area (Å²) < 4.78 is 1.83. The Labute approximate surface area is 258 Å². The van der Waals surface area contributed by atoms with Crippen molar-refractivity contribution >= 4 is 29.3 Å². The number of benzene rings is 2. The molecule has 2 aliphatic rings. The zero-order valence-corrected chi connectivity index (χ0v) is 25.9. The summed E-state index contributed by atoms with van der Waals surface area (Å²) in [5.74, 6) is 0.855. The lowest BCUT2D eigenvalue weighted by Crippen LogP contribution is -2.52. The first kappa shape index (κ1) is 30.7. The Bertz CT molecular complexity index is 1430. The van der Waals surface area contributed by atoms with E-state index in [-0.39, 0.29) is 30.1 Å². The van der Waals surface area contributed by atoms with Gasteiger partial charge < -0.3 is 15.5 Å². The third kappa shape index (κ3) is 6.93. The second kappa shape index (κ2) is 13.3. The number of fused-ring (bicyclic) bond motifs is 1. The van der Waals surface area contributed by atoms with Gasteiger partial charge in [-0.2, -0.15) is 5.10 Å². The van der Waals surface area contributed by atoms with Crippen molar-refractivity contribution in [2.45, 2.75) is 83.3 Å². The fourth-order valence-electron chi connectivity index (χ4n) is 6.16. The molecule has 9 nitrogen and oxygen atoms in total. The van der Waals surface area contributed by atoms with Gasteiger partial charge in [0.15, 0.2) is 0 Å². The fraction of sp³-hybridized carbons (Fsp3) is 0.485. The summed E-state index contributed by atoms with van der Waals surface area (Å²) in [7, 11) is 0. The highest BCUT2D eigenvalue weighted by Crippen LogP contribution is 2.45. The molecule has 2 heterocycles. The van der Waals surface area contributed by atoms with E-state index in [2.05, 4.69) is 15.7 Å². The molecule has 0 saturated heterocycles. The summed E-state index contributed by atoms with van der Waals surface area (Å²) in [5, 5.41) is 11.4. The largest absolute Gasteiger partial charge is 0.344 e. The predicted molar refractivity (Wildman–Crippen MR) is 165 cm³/mol. The van der Waals surface area contributed by atoms with E-state index < -0.39 is 17.5 Å². The van der Waals surface area contributed by atoms with Crippen LogP contribution in [0.15, 0.2) is 54.6 Å². The van der Waals surface area contributed by atoms with Crippen molar-refractivity contribution in [2.75, 3.05) is 13.1 Å². The SMILES string of the molecule is Cc1nc2n(n1)CCN(C(=O)C1(c3ccc(Cl)cc3)CCC1)CCCC(=O)N[C@@H](Cc1ccccc1)C(=O)N[C@@H]2C(C)C. The van der Waals surface area contributed by atoms with Gasteiger partial charge >= 0.3 is 0 Å². The topological polar surface area (TPSA) is 109 Å². The van der Waals surface area contributed by atoms with Crippen molar-refractivity contribution < 1.29 is 14.4 Å². The number of hydrogen-bond acceptors (Lipinski definition) is 5. The van der Waals surface area contributed by atoms with E-state index >= 15 is 0 Å². The highest BCUT2D eigenvalue weighted by Gasteiger charge is 2.47. The van der Waals surface area contributed by atoms with Gasteiger partial charge in [0.2, 0.25) is 17.7 Å². The molecule has 228 valence electrons. The highest BCUT2D eigenvalue weighted by atomic mass is 35.5. The molecular formula is C33H41ClN6O3. The second-order valence-electron chi connectivity index (χ2n) is 12.1. The van der Waals surface area contributed by atoms with Crippen LogP contribution in [0.4, 0.5) is 0 Å². The monoisotopic (exact) mass is 604 g/mol. The van der Waals surface area contributed by atoms with Crippen LogP contribution in [0.5, 0.6) is 0 Å². The molecule has 2 atom stereocenters. The van der Waals surface area contributed by atoms with E-state index in [0.29, 0.717) is 49.1 Å². The molecule has 10 heteroatoms. The normalized spacial score (nSPS) is 21.3. The second-order valence-corrected chi connectivity index (χ2v) is 12.6. The molecule has 0 bridgehead atoms. The van der Waals surface area contributed by atoms with Crippen molar-refractivity contribution in [3.05, 3.63) is 82.4 Å². The fourth-order valence-corrected chi connectivity index (χ4v) is 6.29. The zero-order chi connectivity index (χ0) is 30.6. The number of amides is 3. The average molecular weight is 605 g/mol. The van der Waals surface area contributed by atoms with Crippen LogP contribution in [0.1, 0.15) is 74.8 Å². The standard InChI is InChI=1S/C33H41ClN6O3/c1-22(2)29-30-35-23(3)38-40(30)20-19-39(32(43)33(16-8-17-33)25-12-14-26(34)15-13-25)18-7-11-28(41)36-27(31(42)37-29)21-24-9-5-4-6-10-24/h4-6,9-10,12-15,22,27,29H,7-8,11,16-21H2,1-3H3,(H,36,41)(H,37,42)/t27-,29+/m0/s1. The summed E-state index contributed by atoms with van der Waals surface area (Å²) >= 11 is 6.17. The Morgan fingerprint density at radius 1 is 1.00 bits per heavy atom. The molecule has 5 rings (SSSR count). The number of rotatable bonds is 5. The van der Waals surface area contributed by atoms with E-state index in [1.54, 1.807) is 0 Å². The van der Waals surface area contributed by atoms with Crippen LogP contribution in [-0.4, -0.2) is 56.5 Å². The van der Waals surface area contributed by atoms with Crippen LogP contribution < -0.4 is 10.6 Å². The Hall–Kier alpha value is -3.72. The van der Waals surface area contributed by atoms with E-state index in [0.717, 1.165) is 30.4 Å². The maximum absolute atomic E-state index is 14.3. The molecule has 3 aromatic rings. The van der Waals surface area contributed by atoms with Gasteiger partial charge in [-0.05, 0) is 55.4 Å². The third-order valence-electron chi connectivity index (χ3n) is 8.70. The van der Waals surface area contributed by atoms with Gasteiger partial charge in [-0.3, -0.25) is 14.4 Å². The van der Waals surface area contributed by atoms with E-state index in [1.807, 2.05) is 85.0 Å². The number of aromatic nitrogens is 3. The number of nitrogens with one attached hydrogen (secondary N) is 2. The molecule has 1 saturated carbocycles. The molecule has 1 aliphatic heterocycles. The lowest BCUT2D eigenvalue weighted by atomic mass is 9.63. The lowest BCUT2D eigenvalue weighted by Gasteiger charge is -2.44. The van der Waals surface area contributed by atoms with E-state index in [9.17, 15) is 14.4 Å². The van der Waals surface area contributed by atoms with Gasteiger partial charge in [-0.25, -0.2) is 9.67 Å². The molecule has 43 heavy (non-hydrogen) atoms. The number of hydrogen-bond donors (Lipinski definition) is 2. The minimum absolute atomic E-state index is 0.00756. The smallest absolute Gasteiger partial charge is 0.243 e. The molecule has 2 N–H and O–H groups in total. The number of carbonyl (C=O) groups is 3. The molecule has 1 aliphatic carbocycles. The van der Waals surface area contributed by atoms with Gasteiger partial charge in [0.25, 0.3) is 0 Å².